The topological polar surface area (TPSA) is 128 Å². The highest BCUT2D eigenvalue weighted by molar-refractivity contribution is 5.93. The molecule has 0 aliphatic heterocycles. The maximum atomic E-state index is 14.0. The summed E-state index contributed by atoms with van der Waals surface area (Å²) >= 11 is 0. The highest BCUT2D eigenvalue weighted by Crippen LogP contribution is 2.29. The number of carbonyl (C=O) groups excluding carboxylic acids is 3. The molecular formula is C31H33N3O6. The van der Waals surface area contributed by atoms with E-state index in [9.17, 15) is 24.6 Å². The maximum absolute atomic E-state index is 14.0. The molecule has 0 aliphatic carbocycles. The van der Waals surface area contributed by atoms with Gasteiger partial charge in [0.25, 0.3) is 5.91 Å². The molecule has 3 rings (SSSR count). The molecular weight excluding hydrogens is 510 g/mol. The molecule has 0 bridgehead atoms. The van der Waals surface area contributed by atoms with E-state index < -0.39 is 35.6 Å². The molecule has 0 aromatic heterocycles. The molecule has 4 N–H and O–H groups in total. The summed E-state index contributed by atoms with van der Waals surface area (Å²) in [5.41, 5.74) is 0.705. The Morgan fingerprint density at radius 2 is 1.55 bits per heavy atom. The number of carbonyl (C=O) groups is 3. The molecule has 0 heterocycles. The zero-order valence-electron chi connectivity index (χ0n) is 22.6. The van der Waals surface area contributed by atoms with Gasteiger partial charge in [0, 0.05) is 24.6 Å². The Hall–Kier alpha value is -4.97. The molecule has 9 heteroatoms. The first-order valence-corrected chi connectivity index (χ1v) is 12.6. The first kappa shape index (κ1) is 29.6. The molecule has 0 saturated heterocycles. The van der Waals surface area contributed by atoms with Crippen LogP contribution < -0.4 is 10.6 Å². The molecule has 208 valence electrons. The minimum atomic E-state index is -1.41. The molecule has 0 fully saturated rings. The molecule has 0 saturated carbocycles. The fourth-order valence-corrected chi connectivity index (χ4v) is 3.95. The third-order valence-electron chi connectivity index (χ3n) is 5.79. The van der Waals surface area contributed by atoms with Gasteiger partial charge < -0.3 is 25.6 Å². The number of terminal acetylenes is 1. The Kier molecular flexibility index (Phi) is 9.76. The van der Waals surface area contributed by atoms with Gasteiger partial charge in [0.15, 0.2) is 6.04 Å². The average Bonchev–Trinajstić information content (AvgIpc) is 2.91. The summed E-state index contributed by atoms with van der Waals surface area (Å²) in [7, 11) is 0. The molecule has 0 spiro atoms. The lowest BCUT2D eigenvalue weighted by atomic mass is 10.00. The number of amides is 3. The summed E-state index contributed by atoms with van der Waals surface area (Å²) in [6.45, 7) is 5.21. The number of hydrogen-bond donors (Lipinski definition) is 4. The van der Waals surface area contributed by atoms with E-state index in [0.717, 1.165) is 10.5 Å². The van der Waals surface area contributed by atoms with Crippen molar-refractivity contribution in [3.63, 3.8) is 0 Å². The zero-order chi connectivity index (χ0) is 29.3. The largest absolute Gasteiger partial charge is 0.508 e. The highest BCUT2D eigenvalue weighted by Gasteiger charge is 2.37. The van der Waals surface area contributed by atoms with E-state index in [1.54, 1.807) is 45.0 Å². The number of nitrogens with one attached hydrogen (secondary N) is 2. The molecule has 2 unspecified atom stereocenters. The summed E-state index contributed by atoms with van der Waals surface area (Å²) in [4.78, 5) is 41.1. The van der Waals surface area contributed by atoms with Crippen molar-refractivity contribution in [3.8, 4) is 24.0 Å². The third-order valence-corrected chi connectivity index (χ3v) is 5.79. The van der Waals surface area contributed by atoms with Crippen LogP contribution in [0.15, 0.2) is 78.9 Å². The predicted octanol–water partition coefficient (Wildman–Crippen LogP) is 4.01. The first-order valence-electron chi connectivity index (χ1n) is 12.6. The highest BCUT2D eigenvalue weighted by atomic mass is 16.6. The van der Waals surface area contributed by atoms with E-state index >= 15 is 0 Å². The van der Waals surface area contributed by atoms with Crippen LogP contribution in [0.4, 0.5) is 4.79 Å². The Balaban J connectivity index is 1.97. The third kappa shape index (κ3) is 8.27. The number of para-hydroxylation sites is 1. The van der Waals surface area contributed by atoms with E-state index in [1.807, 2.05) is 30.3 Å². The van der Waals surface area contributed by atoms with E-state index in [2.05, 4.69) is 16.7 Å². The summed E-state index contributed by atoms with van der Waals surface area (Å²) in [6.07, 6.45) is 4.94. The molecule has 2 atom stereocenters. The van der Waals surface area contributed by atoms with Gasteiger partial charge in [-0.25, -0.2) is 4.79 Å². The Labute approximate surface area is 233 Å². The Morgan fingerprint density at radius 3 is 2.15 bits per heavy atom. The van der Waals surface area contributed by atoms with E-state index in [4.69, 9.17) is 11.2 Å². The van der Waals surface area contributed by atoms with Crippen LogP contribution in [0.2, 0.25) is 0 Å². The maximum Gasteiger partial charge on any atom is 0.408 e. The second-order valence-corrected chi connectivity index (χ2v) is 10.1. The number of ether oxygens (including phenoxy) is 1. The van der Waals surface area contributed by atoms with Crippen molar-refractivity contribution >= 4 is 17.9 Å². The summed E-state index contributed by atoms with van der Waals surface area (Å²) in [5.74, 6) is -1.60. The average molecular weight is 544 g/mol. The number of hydrogen-bond acceptors (Lipinski definition) is 6. The van der Waals surface area contributed by atoms with Gasteiger partial charge >= 0.3 is 6.09 Å². The van der Waals surface area contributed by atoms with Gasteiger partial charge in [-0.3, -0.25) is 14.5 Å². The van der Waals surface area contributed by atoms with Gasteiger partial charge in [0.1, 0.15) is 23.1 Å². The van der Waals surface area contributed by atoms with Crippen LogP contribution in [0.3, 0.4) is 0 Å². The van der Waals surface area contributed by atoms with Gasteiger partial charge in [-0.05, 0) is 50.1 Å². The zero-order valence-corrected chi connectivity index (χ0v) is 22.6. The van der Waals surface area contributed by atoms with Crippen molar-refractivity contribution in [3.05, 3.63) is 95.6 Å². The molecule has 0 radical (unpaired) electrons. The normalized spacial score (nSPS) is 12.3. The lowest BCUT2D eigenvalue weighted by Gasteiger charge is -2.30. The smallest absolute Gasteiger partial charge is 0.408 e. The number of nitrogens with zero attached hydrogens (tertiary/aromatic N) is 1. The number of rotatable bonds is 9. The minimum absolute atomic E-state index is 0.0182. The number of aromatic hydroxyl groups is 2. The van der Waals surface area contributed by atoms with Gasteiger partial charge in [0.2, 0.25) is 5.91 Å². The molecule has 3 aromatic rings. The van der Waals surface area contributed by atoms with Crippen LogP contribution in [-0.4, -0.2) is 44.7 Å². The quantitative estimate of drug-likeness (QED) is 0.239. The van der Waals surface area contributed by atoms with Gasteiger partial charge in [-0.2, -0.15) is 0 Å². The van der Waals surface area contributed by atoms with Crippen LogP contribution >= 0.6 is 0 Å². The Bertz CT molecular complexity index is 1360. The van der Waals surface area contributed by atoms with Crippen molar-refractivity contribution in [2.24, 2.45) is 0 Å². The van der Waals surface area contributed by atoms with Crippen molar-refractivity contribution in [1.29, 1.82) is 0 Å². The molecule has 3 aromatic carbocycles. The fraction of sp³-hybridized carbons (Fsp3) is 0.258. The van der Waals surface area contributed by atoms with Crippen molar-refractivity contribution in [2.75, 3.05) is 0 Å². The second-order valence-electron chi connectivity index (χ2n) is 10.1. The fourth-order valence-electron chi connectivity index (χ4n) is 3.95. The van der Waals surface area contributed by atoms with E-state index in [0.29, 0.717) is 5.56 Å². The first-order chi connectivity index (χ1) is 19.0. The predicted molar refractivity (Wildman–Crippen MR) is 150 cm³/mol. The summed E-state index contributed by atoms with van der Waals surface area (Å²) in [5, 5.41) is 25.6. The number of phenolic OH excluding ortho intramolecular Hbond substituents is 2. The van der Waals surface area contributed by atoms with Crippen molar-refractivity contribution in [2.45, 2.75) is 51.4 Å². The standard InChI is InChI=1S/C31H33N3O6/c1-5-34(27(24-13-9-10-14-26(24)36)28(37)32-20-22-11-7-6-8-12-22)29(38)25(33-30(39)40-31(2,3)4)19-21-15-17-23(35)18-16-21/h1,6-18,25,27,35-36H,19-20H2,2-4H3,(H,32,37)(H,33,39). The number of benzene rings is 3. The van der Waals surface area contributed by atoms with Gasteiger partial charge in [0.05, 0.1) is 0 Å². The molecule has 9 nitrogen and oxygen atoms in total. The van der Waals surface area contributed by atoms with Crippen molar-refractivity contribution in [1.82, 2.24) is 15.5 Å². The van der Waals surface area contributed by atoms with Crippen LogP contribution in [0.25, 0.3) is 0 Å². The lowest BCUT2D eigenvalue weighted by molar-refractivity contribution is -0.138. The monoisotopic (exact) mass is 543 g/mol. The van der Waals surface area contributed by atoms with Crippen LogP contribution in [0.5, 0.6) is 11.5 Å². The summed E-state index contributed by atoms with van der Waals surface area (Å²) in [6, 6.07) is 21.0. The van der Waals surface area contributed by atoms with Crippen LogP contribution in [0.1, 0.15) is 43.5 Å². The van der Waals surface area contributed by atoms with Gasteiger partial charge in [-0.1, -0.05) is 67.1 Å². The van der Waals surface area contributed by atoms with Crippen molar-refractivity contribution < 1.29 is 29.3 Å². The lowest BCUT2D eigenvalue weighted by Crippen LogP contribution is -2.52. The molecule has 40 heavy (non-hydrogen) atoms. The summed E-state index contributed by atoms with van der Waals surface area (Å²) < 4.78 is 5.36. The van der Waals surface area contributed by atoms with E-state index in [-0.39, 0.29) is 30.0 Å². The second kappa shape index (κ2) is 13.2. The Morgan fingerprint density at radius 1 is 0.925 bits per heavy atom. The molecule has 3 amide bonds. The van der Waals surface area contributed by atoms with Crippen LogP contribution in [0, 0.1) is 12.5 Å². The number of alkyl carbamates (subject to hydrolysis) is 1. The minimum Gasteiger partial charge on any atom is -0.508 e. The van der Waals surface area contributed by atoms with E-state index in [1.165, 1.54) is 24.3 Å². The number of phenols is 2. The SMILES string of the molecule is C#CN(C(=O)C(Cc1ccc(O)cc1)NC(=O)OC(C)(C)C)C(C(=O)NCc1ccccc1)c1ccccc1O. The molecule has 0 aliphatic rings. The van der Waals surface area contributed by atoms with Gasteiger partial charge in [-0.15, -0.1) is 0 Å². The van der Waals surface area contributed by atoms with Crippen LogP contribution in [-0.2, 0) is 27.3 Å².